The van der Waals surface area contributed by atoms with Gasteiger partial charge in [-0.3, -0.25) is 4.79 Å². The van der Waals surface area contributed by atoms with Crippen LogP contribution in [-0.2, 0) is 14.3 Å². The molecule has 2 unspecified atom stereocenters. The van der Waals surface area contributed by atoms with Gasteiger partial charge in [0.05, 0.1) is 25.4 Å². The Morgan fingerprint density at radius 3 is 2.39 bits per heavy atom. The van der Waals surface area contributed by atoms with E-state index in [1.807, 2.05) is 0 Å². The van der Waals surface area contributed by atoms with Gasteiger partial charge in [-0.25, -0.2) is 0 Å². The molecular weight excluding hydrogens is 310 g/mol. The van der Waals surface area contributed by atoms with E-state index in [1.165, 1.54) is 0 Å². The van der Waals surface area contributed by atoms with E-state index in [-0.39, 0.29) is 18.9 Å². The Labute approximate surface area is 134 Å². The van der Waals surface area contributed by atoms with Crippen LogP contribution in [-0.4, -0.2) is 87.5 Å². The van der Waals surface area contributed by atoms with Gasteiger partial charge in [0, 0.05) is 6.42 Å². The van der Waals surface area contributed by atoms with Crippen molar-refractivity contribution in [3.63, 3.8) is 0 Å². The Morgan fingerprint density at radius 1 is 1.22 bits per heavy atom. The molecule has 7 atom stereocenters. The Balaban J connectivity index is 2.66. The van der Waals surface area contributed by atoms with Crippen LogP contribution in [0.1, 0.15) is 26.7 Å². The Hall–Kier alpha value is -0.810. The predicted octanol–water partition coefficient (Wildman–Crippen LogP) is -2.53. The van der Waals surface area contributed by atoms with Crippen molar-refractivity contribution in [2.45, 2.75) is 69.5 Å². The van der Waals surface area contributed by atoms with Gasteiger partial charge in [0.15, 0.2) is 6.29 Å². The van der Waals surface area contributed by atoms with E-state index in [1.54, 1.807) is 13.8 Å². The highest BCUT2D eigenvalue weighted by Gasteiger charge is 2.44. The molecule has 1 heterocycles. The quantitative estimate of drug-likeness (QED) is 0.284. The standard InChI is InChI=1S/C14H27NO8/c1-3-8(17)7(15-10(18)4-2)6-22-14-13(21)12(20)11(19)9(5-16)23-14/h7-9,11-14,16-17,19-21H,3-6H2,1-2H3,(H,15,18)/t7-,8+,9?,11-,12-,13?,14+/m0/s1. The molecule has 1 saturated heterocycles. The summed E-state index contributed by atoms with van der Waals surface area (Å²) in [5.41, 5.74) is 0. The van der Waals surface area contributed by atoms with Crippen LogP contribution in [0.15, 0.2) is 0 Å². The highest BCUT2D eigenvalue weighted by Crippen LogP contribution is 2.22. The minimum absolute atomic E-state index is 0.163. The van der Waals surface area contributed by atoms with Gasteiger partial charge in [-0.1, -0.05) is 13.8 Å². The van der Waals surface area contributed by atoms with Gasteiger partial charge in [0.2, 0.25) is 5.91 Å². The molecule has 1 fully saturated rings. The van der Waals surface area contributed by atoms with E-state index >= 15 is 0 Å². The van der Waals surface area contributed by atoms with Crippen LogP contribution in [0.4, 0.5) is 0 Å². The monoisotopic (exact) mass is 337 g/mol. The van der Waals surface area contributed by atoms with Gasteiger partial charge in [-0.2, -0.15) is 0 Å². The molecule has 6 N–H and O–H groups in total. The molecule has 0 aromatic heterocycles. The first-order chi connectivity index (χ1) is 10.8. The van der Waals surface area contributed by atoms with Crippen LogP contribution in [0.25, 0.3) is 0 Å². The van der Waals surface area contributed by atoms with Crippen molar-refractivity contribution in [3.8, 4) is 0 Å². The molecule has 1 aliphatic rings. The van der Waals surface area contributed by atoms with Gasteiger partial charge in [0.1, 0.15) is 24.4 Å². The summed E-state index contributed by atoms with van der Waals surface area (Å²) in [7, 11) is 0. The molecule has 9 heteroatoms. The number of aliphatic hydroxyl groups is 5. The second kappa shape index (κ2) is 9.48. The molecule has 1 amide bonds. The third kappa shape index (κ3) is 5.35. The second-order valence-corrected chi connectivity index (χ2v) is 5.53. The first-order valence-corrected chi connectivity index (χ1v) is 7.75. The van der Waals surface area contributed by atoms with Crippen LogP contribution < -0.4 is 5.32 Å². The maximum absolute atomic E-state index is 11.5. The van der Waals surface area contributed by atoms with Crippen LogP contribution in [0.5, 0.6) is 0 Å². The summed E-state index contributed by atoms with van der Waals surface area (Å²) in [6, 6.07) is -0.709. The number of rotatable bonds is 8. The summed E-state index contributed by atoms with van der Waals surface area (Å²) in [4.78, 5) is 11.5. The Bertz CT molecular complexity index is 367. The van der Waals surface area contributed by atoms with Gasteiger partial charge in [-0.15, -0.1) is 0 Å². The fourth-order valence-electron chi connectivity index (χ4n) is 2.25. The van der Waals surface area contributed by atoms with Crippen molar-refractivity contribution in [1.82, 2.24) is 5.32 Å². The number of hydrogen-bond donors (Lipinski definition) is 6. The summed E-state index contributed by atoms with van der Waals surface area (Å²) >= 11 is 0. The molecular formula is C14H27NO8. The zero-order chi connectivity index (χ0) is 17.6. The average molecular weight is 337 g/mol. The number of carbonyl (C=O) groups is 1. The Kier molecular flexibility index (Phi) is 8.34. The molecule has 0 aliphatic carbocycles. The van der Waals surface area contributed by atoms with Crippen molar-refractivity contribution >= 4 is 5.91 Å². The number of amides is 1. The summed E-state index contributed by atoms with van der Waals surface area (Å²) < 4.78 is 10.5. The highest BCUT2D eigenvalue weighted by molar-refractivity contribution is 5.75. The van der Waals surface area contributed by atoms with Crippen molar-refractivity contribution in [2.75, 3.05) is 13.2 Å². The molecule has 136 valence electrons. The van der Waals surface area contributed by atoms with Crippen LogP contribution in [0.2, 0.25) is 0 Å². The first kappa shape index (κ1) is 20.2. The van der Waals surface area contributed by atoms with Crippen molar-refractivity contribution < 1.29 is 39.8 Å². The maximum atomic E-state index is 11.5. The van der Waals surface area contributed by atoms with Crippen LogP contribution >= 0.6 is 0 Å². The summed E-state index contributed by atoms with van der Waals surface area (Å²) in [6.45, 7) is 2.69. The fourth-order valence-corrected chi connectivity index (χ4v) is 2.25. The number of hydrogen-bond acceptors (Lipinski definition) is 8. The van der Waals surface area contributed by atoms with E-state index < -0.39 is 49.5 Å². The number of nitrogens with one attached hydrogen (secondary N) is 1. The second-order valence-electron chi connectivity index (χ2n) is 5.53. The predicted molar refractivity (Wildman–Crippen MR) is 78.2 cm³/mol. The summed E-state index contributed by atoms with van der Waals surface area (Å²) in [6.07, 6.45) is -7.12. The summed E-state index contributed by atoms with van der Waals surface area (Å²) in [5, 5.41) is 50.9. The van der Waals surface area contributed by atoms with E-state index in [2.05, 4.69) is 5.32 Å². The minimum Gasteiger partial charge on any atom is -0.394 e. The number of carbonyl (C=O) groups excluding carboxylic acids is 1. The van der Waals surface area contributed by atoms with E-state index in [4.69, 9.17) is 14.6 Å². The normalized spacial score (nSPS) is 34.0. The number of aliphatic hydroxyl groups excluding tert-OH is 5. The highest BCUT2D eigenvalue weighted by atomic mass is 16.7. The average Bonchev–Trinajstić information content (AvgIpc) is 2.56. The molecule has 0 aromatic rings. The lowest BCUT2D eigenvalue weighted by molar-refractivity contribution is -0.302. The minimum atomic E-state index is -1.54. The molecule has 1 rings (SSSR count). The molecule has 0 radical (unpaired) electrons. The molecule has 0 bridgehead atoms. The van der Waals surface area contributed by atoms with Gasteiger partial charge in [-0.05, 0) is 6.42 Å². The molecule has 23 heavy (non-hydrogen) atoms. The number of ether oxygens (including phenoxy) is 2. The maximum Gasteiger partial charge on any atom is 0.220 e. The zero-order valence-corrected chi connectivity index (χ0v) is 13.3. The SMILES string of the molecule is CCC(=O)N[C@@H](CO[C@@H]1OC(CO)[C@H](O)[C@H](O)C1O)[C@H](O)CC. The fraction of sp³-hybridized carbons (Fsp3) is 0.929. The molecule has 1 aliphatic heterocycles. The summed E-state index contributed by atoms with van der Waals surface area (Å²) in [5.74, 6) is -0.264. The van der Waals surface area contributed by atoms with Crippen LogP contribution in [0, 0.1) is 0 Å². The molecule has 0 aromatic carbocycles. The van der Waals surface area contributed by atoms with E-state index in [9.17, 15) is 25.2 Å². The van der Waals surface area contributed by atoms with Crippen molar-refractivity contribution in [1.29, 1.82) is 0 Å². The van der Waals surface area contributed by atoms with E-state index in [0.717, 1.165) is 0 Å². The lowest BCUT2D eigenvalue weighted by atomic mass is 9.99. The van der Waals surface area contributed by atoms with Crippen molar-refractivity contribution in [3.05, 3.63) is 0 Å². The first-order valence-electron chi connectivity index (χ1n) is 7.75. The van der Waals surface area contributed by atoms with Crippen molar-refractivity contribution in [2.24, 2.45) is 0 Å². The molecule has 0 spiro atoms. The van der Waals surface area contributed by atoms with Gasteiger partial charge >= 0.3 is 0 Å². The van der Waals surface area contributed by atoms with E-state index in [0.29, 0.717) is 6.42 Å². The molecule has 9 nitrogen and oxygen atoms in total. The van der Waals surface area contributed by atoms with Gasteiger partial charge < -0.3 is 40.3 Å². The topological polar surface area (TPSA) is 149 Å². The third-order valence-electron chi connectivity index (χ3n) is 3.84. The lowest BCUT2D eigenvalue weighted by Gasteiger charge is -2.40. The molecule has 0 saturated carbocycles. The Morgan fingerprint density at radius 2 is 1.87 bits per heavy atom. The zero-order valence-electron chi connectivity index (χ0n) is 13.3. The smallest absolute Gasteiger partial charge is 0.220 e. The largest absolute Gasteiger partial charge is 0.394 e. The lowest BCUT2D eigenvalue weighted by Crippen LogP contribution is -2.60. The van der Waals surface area contributed by atoms with Gasteiger partial charge in [0.25, 0.3) is 0 Å². The third-order valence-corrected chi connectivity index (χ3v) is 3.84. The van der Waals surface area contributed by atoms with Crippen LogP contribution in [0.3, 0.4) is 0 Å².